The molecule has 0 aliphatic heterocycles. The smallest absolute Gasteiger partial charge is 0.128 e. The number of rotatable bonds is 6. The van der Waals surface area contributed by atoms with Gasteiger partial charge in [-0.3, -0.25) is 0 Å². The van der Waals surface area contributed by atoms with Gasteiger partial charge in [-0.2, -0.15) is 0 Å². The minimum atomic E-state index is 0.572. The van der Waals surface area contributed by atoms with Crippen molar-refractivity contribution >= 4 is 17.0 Å². The van der Waals surface area contributed by atoms with Crippen LogP contribution in [0.15, 0.2) is 53.9 Å². The summed E-state index contributed by atoms with van der Waals surface area (Å²) < 4.78 is 11.1. The number of nitrogen functional groups attached to an aromatic ring is 1. The van der Waals surface area contributed by atoms with Gasteiger partial charge < -0.3 is 15.2 Å². The monoisotopic (exact) mass is 326 g/mol. The summed E-state index contributed by atoms with van der Waals surface area (Å²) in [7, 11) is 1.67. The van der Waals surface area contributed by atoms with Crippen LogP contribution in [0.25, 0.3) is 11.3 Å². The summed E-state index contributed by atoms with van der Waals surface area (Å²) in [6.07, 6.45) is 0.759. The number of ether oxygens (including phenoxy) is 2. The van der Waals surface area contributed by atoms with E-state index < -0.39 is 0 Å². The third-order valence-corrected chi connectivity index (χ3v) is 4.29. The van der Waals surface area contributed by atoms with Gasteiger partial charge in [-0.15, -0.1) is 11.3 Å². The first-order chi connectivity index (χ1) is 11.3. The highest BCUT2D eigenvalue weighted by Gasteiger charge is 2.09. The maximum Gasteiger partial charge on any atom is 0.128 e. The number of hydrogen-bond donors (Lipinski definition) is 1. The highest BCUT2D eigenvalue weighted by molar-refractivity contribution is 7.09. The molecule has 0 aliphatic carbocycles. The molecule has 0 radical (unpaired) electrons. The van der Waals surface area contributed by atoms with E-state index in [1.165, 1.54) is 0 Å². The van der Waals surface area contributed by atoms with E-state index in [1.54, 1.807) is 18.4 Å². The van der Waals surface area contributed by atoms with Crippen LogP contribution >= 0.6 is 11.3 Å². The molecule has 0 unspecified atom stereocenters. The number of benzene rings is 2. The summed E-state index contributed by atoms with van der Waals surface area (Å²) in [6, 6.07) is 15.3. The molecule has 1 heterocycles. The molecule has 0 fully saturated rings. The molecule has 118 valence electrons. The lowest BCUT2D eigenvalue weighted by Crippen LogP contribution is -2.01. The van der Waals surface area contributed by atoms with Gasteiger partial charge in [0.1, 0.15) is 11.5 Å². The van der Waals surface area contributed by atoms with E-state index >= 15 is 0 Å². The average Bonchev–Trinajstić information content (AvgIpc) is 3.03. The van der Waals surface area contributed by atoms with E-state index in [9.17, 15) is 0 Å². The highest BCUT2D eigenvalue weighted by Crippen LogP contribution is 2.30. The second kappa shape index (κ2) is 7.15. The largest absolute Gasteiger partial charge is 0.496 e. The number of nitrogens with two attached hydrogens (primary N) is 1. The quantitative estimate of drug-likeness (QED) is 0.695. The Kier molecular flexibility index (Phi) is 4.78. The zero-order valence-corrected chi connectivity index (χ0v) is 13.7. The Labute approximate surface area is 139 Å². The van der Waals surface area contributed by atoms with E-state index in [2.05, 4.69) is 4.98 Å². The first kappa shape index (κ1) is 15.4. The Morgan fingerprint density at radius 1 is 1.13 bits per heavy atom. The molecule has 23 heavy (non-hydrogen) atoms. The third-order valence-electron chi connectivity index (χ3n) is 3.38. The van der Waals surface area contributed by atoms with Crippen molar-refractivity contribution in [1.29, 1.82) is 0 Å². The Morgan fingerprint density at radius 3 is 2.83 bits per heavy atom. The standard InChI is InChI=1S/C18H18N2O2S/c1-21-17-8-3-2-7-15(17)16-12-23-18(20-16)9-10-22-14-6-4-5-13(19)11-14/h2-8,11-12H,9-10,19H2,1H3. The topological polar surface area (TPSA) is 57.4 Å². The highest BCUT2D eigenvalue weighted by atomic mass is 32.1. The Balaban J connectivity index is 1.63. The van der Waals surface area contributed by atoms with Crippen molar-refractivity contribution in [1.82, 2.24) is 4.98 Å². The molecule has 0 aliphatic rings. The molecule has 0 saturated heterocycles. The van der Waals surface area contributed by atoms with Gasteiger partial charge in [0.2, 0.25) is 0 Å². The van der Waals surface area contributed by atoms with Gasteiger partial charge >= 0.3 is 0 Å². The van der Waals surface area contributed by atoms with Crippen molar-refractivity contribution in [2.75, 3.05) is 19.5 Å². The van der Waals surface area contributed by atoms with Crippen LogP contribution in [0.3, 0.4) is 0 Å². The van der Waals surface area contributed by atoms with Crippen LogP contribution in [0.5, 0.6) is 11.5 Å². The van der Waals surface area contributed by atoms with Crippen LogP contribution in [-0.2, 0) is 6.42 Å². The lowest BCUT2D eigenvalue weighted by molar-refractivity contribution is 0.322. The Hall–Kier alpha value is -2.53. The number of anilines is 1. The Morgan fingerprint density at radius 2 is 2.00 bits per heavy atom. The van der Waals surface area contributed by atoms with E-state index in [1.807, 2.05) is 53.9 Å². The van der Waals surface area contributed by atoms with Gasteiger partial charge in [0.25, 0.3) is 0 Å². The lowest BCUT2D eigenvalue weighted by Gasteiger charge is -2.06. The van der Waals surface area contributed by atoms with E-state index in [0.29, 0.717) is 12.3 Å². The SMILES string of the molecule is COc1ccccc1-c1csc(CCOc2cccc(N)c2)n1. The fourth-order valence-corrected chi connectivity index (χ4v) is 3.05. The lowest BCUT2D eigenvalue weighted by atomic mass is 10.1. The fourth-order valence-electron chi connectivity index (χ4n) is 2.27. The molecular weight excluding hydrogens is 308 g/mol. The van der Waals surface area contributed by atoms with Crippen molar-refractivity contribution < 1.29 is 9.47 Å². The first-order valence-corrected chi connectivity index (χ1v) is 8.20. The Bertz CT molecular complexity index is 786. The summed E-state index contributed by atoms with van der Waals surface area (Å²) in [6.45, 7) is 0.572. The van der Waals surface area contributed by atoms with Crippen molar-refractivity contribution in [3.05, 3.63) is 58.9 Å². The van der Waals surface area contributed by atoms with Gasteiger partial charge in [-0.1, -0.05) is 18.2 Å². The van der Waals surface area contributed by atoms with Crippen molar-refractivity contribution in [3.63, 3.8) is 0 Å². The average molecular weight is 326 g/mol. The normalized spacial score (nSPS) is 10.5. The minimum Gasteiger partial charge on any atom is -0.496 e. The van der Waals surface area contributed by atoms with Gasteiger partial charge in [-0.05, 0) is 24.3 Å². The zero-order valence-electron chi connectivity index (χ0n) is 12.9. The molecule has 0 spiro atoms. The van der Waals surface area contributed by atoms with E-state index in [0.717, 1.165) is 34.2 Å². The maximum absolute atomic E-state index is 5.73. The molecule has 0 amide bonds. The van der Waals surface area contributed by atoms with Gasteiger partial charge in [0.15, 0.2) is 0 Å². The molecule has 5 heteroatoms. The number of para-hydroxylation sites is 1. The summed E-state index contributed by atoms with van der Waals surface area (Å²) >= 11 is 1.63. The first-order valence-electron chi connectivity index (χ1n) is 7.32. The molecule has 0 bridgehead atoms. The summed E-state index contributed by atoms with van der Waals surface area (Å²) in [4.78, 5) is 4.67. The molecule has 3 rings (SSSR count). The van der Waals surface area contributed by atoms with Crippen LogP contribution in [0.4, 0.5) is 5.69 Å². The van der Waals surface area contributed by atoms with E-state index in [4.69, 9.17) is 15.2 Å². The summed E-state index contributed by atoms with van der Waals surface area (Å²) in [5.74, 6) is 1.62. The molecule has 2 N–H and O–H groups in total. The second-order valence-electron chi connectivity index (χ2n) is 5.00. The zero-order chi connectivity index (χ0) is 16.1. The molecule has 2 aromatic carbocycles. The van der Waals surface area contributed by atoms with Gasteiger partial charge in [-0.25, -0.2) is 4.98 Å². The van der Waals surface area contributed by atoms with Crippen molar-refractivity contribution in [2.45, 2.75) is 6.42 Å². The molecule has 0 saturated carbocycles. The fraction of sp³-hybridized carbons (Fsp3) is 0.167. The number of hydrogen-bond acceptors (Lipinski definition) is 5. The van der Waals surface area contributed by atoms with Gasteiger partial charge in [0, 0.05) is 29.1 Å². The predicted molar refractivity (Wildman–Crippen MR) is 94.2 cm³/mol. The van der Waals surface area contributed by atoms with Crippen molar-refractivity contribution in [3.8, 4) is 22.8 Å². The van der Waals surface area contributed by atoms with Crippen LogP contribution in [-0.4, -0.2) is 18.7 Å². The third kappa shape index (κ3) is 3.81. The van der Waals surface area contributed by atoms with Crippen LogP contribution in [0.2, 0.25) is 0 Å². The number of aromatic nitrogens is 1. The van der Waals surface area contributed by atoms with Crippen LogP contribution in [0, 0.1) is 0 Å². The molecule has 4 nitrogen and oxygen atoms in total. The summed E-state index contributed by atoms with van der Waals surface area (Å²) in [5, 5.41) is 3.09. The van der Waals surface area contributed by atoms with Crippen LogP contribution < -0.4 is 15.2 Å². The number of thiazole rings is 1. The molecule has 0 atom stereocenters. The van der Waals surface area contributed by atoms with Gasteiger partial charge in [0.05, 0.1) is 24.4 Å². The van der Waals surface area contributed by atoms with E-state index in [-0.39, 0.29) is 0 Å². The number of methoxy groups -OCH3 is 1. The maximum atomic E-state index is 5.73. The molecule has 1 aromatic heterocycles. The second-order valence-corrected chi connectivity index (χ2v) is 5.94. The number of nitrogens with zero attached hydrogens (tertiary/aromatic N) is 1. The van der Waals surface area contributed by atoms with Crippen LogP contribution in [0.1, 0.15) is 5.01 Å². The molecular formula is C18H18N2O2S. The minimum absolute atomic E-state index is 0.572. The van der Waals surface area contributed by atoms with Crippen molar-refractivity contribution in [2.24, 2.45) is 0 Å². The summed E-state index contributed by atoms with van der Waals surface area (Å²) in [5.41, 5.74) is 8.38. The molecule has 3 aromatic rings. The predicted octanol–water partition coefficient (Wildman–Crippen LogP) is 4.02.